The summed E-state index contributed by atoms with van der Waals surface area (Å²) in [5, 5.41) is 19.1. The molecule has 0 aromatic rings. The highest BCUT2D eigenvalue weighted by Crippen LogP contribution is 2.53. The zero-order chi connectivity index (χ0) is 13.8. The fraction of sp³-hybridized carbons (Fsp3) is 0.429. The lowest BCUT2D eigenvalue weighted by Gasteiger charge is -2.44. The van der Waals surface area contributed by atoms with Gasteiger partial charge in [-0.15, -0.1) is 13.2 Å². The van der Waals surface area contributed by atoms with Crippen LogP contribution in [0.2, 0.25) is 0 Å². The minimum absolute atomic E-state index is 0.0962. The van der Waals surface area contributed by atoms with Crippen LogP contribution in [0.3, 0.4) is 0 Å². The number of hydrogen-bond acceptors (Lipinski definition) is 2. The standard InChI is InChI=1S/C14H18O4/c1-3-7-13(11(15)16)9-5-6-10-14(13,8-4-2)12(17)18/h3-5,9H,1-2,6-8,10H2,(H,15,16)(H,17,18). The van der Waals surface area contributed by atoms with Crippen LogP contribution in [-0.4, -0.2) is 22.2 Å². The number of hydrogen-bond donors (Lipinski definition) is 2. The van der Waals surface area contributed by atoms with E-state index in [1.54, 1.807) is 6.08 Å². The molecule has 98 valence electrons. The number of allylic oxidation sites excluding steroid dienone is 3. The van der Waals surface area contributed by atoms with E-state index in [1.807, 2.05) is 0 Å². The van der Waals surface area contributed by atoms with Crippen molar-refractivity contribution in [3.63, 3.8) is 0 Å². The number of carboxylic acids is 2. The second kappa shape index (κ2) is 5.21. The monoisotopic (exact) mass is 250 g/mol. The summed E-state index contributed by atoms with van der Waals surface area (Å²) in [6.45, 7) is 7.11. The Balaban J connectivity index is 3.47. The molecule has 0 fully saturated rings. The van der Waals surface area contributed by atoms with Gasteiger partial charge in [0.1, 0.15) is 5.41 Å². The van der Waals surface area contributed by atoms with Crippen molar-refractivity contribution < 1.29 is 19.8 Å². The molecule has 1 aliphatic rings. The molecule has 18 heavy (non-hydrogen) atoms. The summed E-state index contributed by atoms with van der Waals surface area (Å²) >= 11 is 0. The highest BCUT2D eigenvalue weighted by Gasteiger charge is 2.59. The first kappa shape index (κ1) is 14.2. The molecule has 0 spiro atoms. The van der Waals surface area contributed by atoms with Crippen LogP contribution in [-0.2, 0) is 9.59 Å². The first-order valence-corrected chi connectivity index (χ1v) is 5.83. The van der Waals surface area contributed by atoms with Crippen LogP contribution < -0.4 is 0 Å². The van der Waals surface area contributed by atoms with Gasteiger partial charge in [-0.2, -0.15) is 0 Å². The van der Waals surface area contributed by atoms with Gasteiger partial charge in [-0.3, -0.25) is 9.59 Å². The predicted octanol–water partition coefficient (Wildman–Crippen LogP) is 2.63. The van der Waals surface area contributed by atoms with Gasteiger partial charge in [0.2, 0.25) is 0 Å². The Hall–Kier alpha value is -1.84. The normalized spacial score (nSPS) is 30.7. The van der Waals surface area contributed by atoms with Crippen molar-refractivity contribution in [3.8, 4) is 0 Å². The van der Waals surface area contributed by atoms with Crippen molar-refractivity contribution >= 4 is 11.9 Å². The lowest BCUT2D eigenvalue weighted by atomic mass is 9.55. The average Bonchev–Trinajstić information content (AvgIpc) is 2.31. The average molecular weight is 250 g/mol. The van der Waals surface area contributed by atoms with Gasteiger partial charge in [-0.25, -0.2) is 0 Å². The smallest absolute Gasteiger partial charge is 0.315 e. The molecule has 4 heteroatoms. The van der Waals surface area contributed by atoms with Crippen LogP contribution in [0.1, 0.15) is 25.7 Å². The quantitative estimate of drug-likeness (QED) is 0.710. The predicted molar refractivity (Wildman–Crippen MR) is 68.1 cm³/mol. The zero-order valence-electron chi connectivity index (χ0n) is 10.3. The van der Waals surface area contributed by atoms with Crippen LogP contribution in [0.15, 0.2) is 37.5 Å². The van der Waals surface area contributed by atoms with Gasteiger partial charge in [0.25, 0.3) is 0 Å². The molecule has 0 heterocycles. The van der Waals surface area contributed by atoms with E-state index in [0.29, 0.717) is 12.8 Å². The van der Waals surface area contributed by atoms with E-state index in [2.05, 4.69) is 13.2 Å². The fourth-order valence-electron chi connectivity index (χ4n) is 2.77. The zero-order valence-corrected chi connectivity index (χ0v) is 10.3. The van der Waals surface area contributed by atoms with E-state index in [1.165, 1.54) is 18.2 Å². The molecular formula is C14H18O4. The topological polar surface area (TPSA) is 74.6 Å². The minimum atomic E-state index is -1.44. The van der Waals surface area contributed by atoms with Crippen LogP contribution in [0.5, 0.6) is 0 Å². The molecule has 2 unspecified atom stereocenters. The Labute approximate surface area is 106 Å². The summed E-state index contributed by atoms with van der Waals surface area (Å²) in [6.07, 6.45) is 7.28. The molecule has 0 bridgehead atoms. The molecule has 0 aromatic carbocycles. The Morgan fingerprint density at radius 1 is 1.17 bits per heavy atom. The maximum atomic E-state index is 11.7. The second-order valence-corrected chi connectivity index (χ2v) is 4.59. The highest BCUT2D eigenvalue weighted by atomic mass is 16.4. The molecular weight excluding hydrogens is 232 g/mol. The maximum Gasteiger partial charge on any atom is 0.315 e. The van der Waals surface area contributed by atoms with E-state index >= 15 is 0 Å². The van der Waals surface area contributed by atoms with Gasteiger partial charge < -0.3 is 10.2 Å². The molecule has 0 radical (unpaired) electrons. The molecule has 0 saturated carbocycles. The Morgan fingerprint density at radius 2 is 1.78 bits per heavy atom. The molecule has 0 saturated heterocycles. The van der Waals surface area contributed by atoms with Crippen molar-refractivity contribution in [1.29, 1.82) is 0 Å². The van der Waals surface area contributed by atoms with Crippen molar-refractivity contribution in [2.45, 2.75) is 25.7 Å². The Bertz CT molecular complexity index is 410. The summed E-state index contributed by atoms with van der Waals surface area (Å²) in [5.41, 5.74) is -2.78. The van der Waals surface area contributed by atoms with Gasteiger partial charge in [0, 0.05) is 0 Å². The summed E-state index contributed by atoms with van der Waals surface area (Å²) in [6, 6.07) is 0. The lowest BCUT2D eigenvalue weighted by Crippen LogP contribution is -2.52. The number of aliphatic carboxylic acids is 2. The van der Waals surface area contributed by atoms with Gasteiger partial charge >= 0.3 is 11.9 Å². The van der Waals surface area contributed by atoms with Crippen LogP contribution in [0.25, 0.3) is 0 Å². The minimum Gasteiger partial charge on any atom is -0.481 e. The van der Waals surface area contributed by atoms with Crippen molar-refractivity contribution in [3.05, 3.63) is 37.5 Å². The van der Waals surface area contributed by atoms with E-state index in [0.717, 1.165) is 0 Å². The molecule has 0 aliphatic heterocycles. The number of carbonyl (C=O) groups is 2. The molecule has 2 N–H and O–H groups in total. The van der Waals surface area contributed by atoms with Crippen molar-refractivity contribution in [2.24, 2.45) is 10.8 Å². The Morgan fingerprint density at radius 3 is 2.22 bits per heavy atom. The summed E-state index contributed by atoms with van der Waals surface area (Å²) < 4.78 is 0. The largest absolute Gasteiger partial charge is 0.481 e. The van der Waals surface area contributed by atoms with Gasteiger partial charge in [-0.05, 0) is 25.7 Å². The third-order valence-corrected chi connectivity index (χ3v) is 3.74. The number of rotatable bonds is 6. The molecule has 1 rings (SSSR count). The summed E-state index contributed by atoms with van der Waals surface area (Å²) in [7, 11) is 0. The fourth-order valence-corrected chi connectivity index (χ4v) is 2.77. The van der Waals surface area contributed by atoms with Crippen molar-refractivity contribution in [1.82, 2.24) is 0 Å². The van der Waals surface area contributed by atoms with E-state index in [4.69, 9.17) is 0 Å². The molecule has 0 aromatic heterocycles. The Kier molecular flexibility index (Phi) is 4.11. The molecule has 1 aliphatic carbocycles. The number of carboxylic acid groups (broad SMARTS) is 2. The lowest BCUT2D eigenvalue weighted by molar-refractivity contribution is -0.171. The van der Waals surface area contributed by atoms with Crippen LogP contribution >= 0.6 is 0 Å². The second-order valence-electron chi connectivity index (χ2n) is 4.59. The first-order chi connectivity index (χ1) is 8.47. The third-order valence-electron chi connectivity index (χ3n) is 3.74. The SMILES string of the molecule is C=CCC1(C(=O)O)C=CCCC1(CC=C)C(=O)O. The van der Waals surface area contributed by atoms with E-state index in [9.17, 15) is 19.8 Å². The first-order valence-electron chi connectivity index (χ1n) is 5.83. The van der Waals surface area contributed by atoms with Crippen LogP contribution in [0.4, 0.5) is 0 Å². The summed E-state index contributed by atoms with van der Waals surface area (Å²) in [5.74, 6) is -2.21. The molecule has 4 nitrogen and oxygen atoms in total. The maximum absolute atomic E-state index is 11.7. The highest BCUT2D eigenvalue weighted by molar-refractivity contribution is 5.89. The van der Waals surface area contributed by atoms with Crippen LogP contribution in [0, 0.1) is 10.8 Å². The van der Waals surface area contributed by atoms with Gasteiger partial charge in [0.05, 0.1) is 5.41 Å². The third kappa shape index (κ3) is 1.88. The van der Waals surface area contributed by atoms with E-state index in [-0.39, 0.29) is 12.8 Å². The van der Waals surface area contributed by atoms with Gasteiger partial charge in [0.15, 0.2) is 0 Å². The summed E-state index contributed by atoms with van der Waals surface area (Å²) in [4.78, 5) is 23.3. The van der Waals surface area contributed by atoms with Gasteiger partial charge in [-0.1, -0.05) is 24.3 Å². The van der Waals surface area contributed by atoms with E-state index < -0.39 is 22.8 Å². The van der Waals surface area contributed by atoms with Crippen molar-refractivity contribution in [2.75, 3.05) is 0 Å². The molecule has 0 amide bonds. The molecule has 2 atom stereocenters.